The average Bonchev–Trinajstić information content (AvgIpc) is 3.25. The van der Waals surface area contributed by atoms with Crippen LogP contribution in [0.25, 0.3) is 0 Å². The van der Waals surface area contributed by atoms with E-state index >= 15 is 0 Å². The standard InChI is InChI=1S/C15H11ClN2O2.C5H4O2S/c1-8-6-10(17)3-5-13(8)18-14(19)11-4-2-9(16)7-12(11)15(18)20;6-5(7)4-1-2-8-3-4/h2-7H,17H2,1H3;1-3H,(H,6,7). The van der Waals surface area contributed by atoms with Crippen molar-refractivity contribution in [1.29, 1.82) is 0 Å². The topological polar surface area (TPSA) is 101 Å². The summed E-state index contributed by atoms with van der Waals surface area (Å²) in [6, 6.07) is 11.3. The molecule has 3 N–H and O–H groups in total. The van der Waals surface area contributed by atoms with Crippen LogP contribution in [0, 0.1) is 6.92 Å². The van der Waals surface area contributed by atoms with Crippen molar-refractivity contribution >= 4 is 52.1 Å². The van der Waals surface area contributed by atoms with Crippen LogP contribution in [0.1, 0.15) is 36.6 Å². The molecule has 142 valence electrons. The monoisotopic (exact) mass is 414 g/mol. The molecule has 2 amide bonds. The van der Waals surface area contributed by atoms with Crippen LogP contribution in [-0.4, -0.2) is 22.9 Å². The number of halogens is 1. The number of fused-ring (bicyclic) bond motifs is 1. The third-order valence-corrected chi connectivity index (χ3v) is 5.00. The number of nitrogens with zero attached hydrogens (tertiary/aromatic N) is 1. The molecule has 0 unspecified atom stereocenters. The van der Waals surface area contributed by atoms with Gasteiger partial charge in [-0.25, -0.2) is 9.69 Å². The number of carboxylic acid groups (broad SMARTS) is 1. The molecule has 4 rings (SSSR count). The molecule has 2 aromatic carbocycles. The Hall–Kier alpha value is -3.16. The van der Waals surface area contributed by atoms with Crippen LogP contribution in [0.5, 0.6) is 0 Å². The van der Waals surface area contributed by atoms with Crippen molar-refractivity contribution in [3.05, 3.63) is 80.5 Å². The molecule has 0 saturated heterocycles. The van der Waals surface area contributed by atoms with Gasteiger partial charge in [-0.1, -0.05) is 11.6 Å². The van der Waals surface area contributed by atoms with Gasteiger partial charge >= 0.3 is 5.97 Å². The minimum Gasteiger partial charge on any atom is -0.478 e. The van der Waals surface area contributed by atoms with Gasteiger partial charge in [0.25, 0.3) is 11.8 Å². The predicted molar refractivity (Wildman–Crippen MR) is 109 cm³/mol. The van der Waals surface area contributed by atoms with Crippen molar-refractivity contribution in [1.82, 2.24) is 0 Å². The first kappa shape index (κ1) is 19.6. The van der Waals surface area contributed by atoms with E-state index in [1.54, 1.807) is 47.2 Å². The molecule has 0 radical (unpaired) electrons. The summed E-state index contributed by atoms with van der Waals surface area (Å²) < 4.78 is 0. The van der Waals surface area contributed by atoms with E-state index in [0.29, 0.717) is 33.1 Å². The number of rotatable bonds is 2. The molecule has 1 aliphatic heterocycles. The number of aromatic carboxylic acids is 1. The second-order valence-electron chi connectivity index (χ2n) is 6.00. The van der Waals surface area contributed by atoms with Crippen LogP contribution in [-0.2, 0) is 0 Å². The SMILES string of the molecule is Cc1cc(N)ccc1N1C(=O)c2ccc(Cl)cc2C1=O.O=C(O)c1ccsc1. The van der Waals surface area contributed by atoms with Gasteiger partial charge in [-0.3, -0.25) is 9.59 Å². The highest BCUT2D eigenvalue weighted by molar-refractivity contribution is 7.08. The second-order valence-corrected chi connectivity index (χ2v) is 7.22. The number of nitrogen functional groups attached to an aromatic ring is 1. The van der Waals surface area contributed by atoms with Crippen LogP contribution in [0.15, 0.2) is 53.2 Å². The minimum atomic E-state index is -0.855. The fraction of sp³-hybridized carbons (Fsp3) is 0.0500. The molecule has 0 saturated carbocycles. The average molecular weight is 415 g/mol. The summed E-state index contributed by atoms with van der Waals surface area (Å²) in [4.78, 5) is 36.0. The normalized spacial score (nSPS) is 12.4. The number of hydrogen-bond acceptors (Lipinski definition) is 5. The Kier molecular flexibility index (Phi) is 5.48. The minimum absolute atomic E-state index is 0.332. The van der Waals surface area contributed by atoms with Gasteiger partial charge in [0.15, 0.2) is 0 Å². The summed E-state index contributed by atoms with van der Waals surface area (Å²) in [6.07, 6.45) is 0. The lowest BCUT2D eigenvalue weighted by atomic mass is 10.1. The smallest absolute Gasteiger partial charge is 0.336 e. The number of carbonyl (C=O) groups is 3. The van der Waals surface area contributed by atoms with Crippen LogP contribution in [0.4, 0.5) is 11.4 Å². The Morgan fingerprint density at radius 1 is 1.07 bits per heavy atom. The van der Waals surface area contributed by atoms with Gasteiger partial charge < -0.3 is 10.8 Å². The number of imide groups is 1. The molecule has 8 heteroatoms. The Labute approximate surface area is 169 Å². The Balaban J connectivity index is 0.000000236. The van der Waals surface area contributed by atoms with Crippen molar-refractivity contribution in [2.75, 3.05) is 10.6 Å². The van der Waals surface area contributed by atoms with Gasteiger partial charge in [0.1, 0.15) is 0 Å². The molecule has 2 heterocycles. The van der Waals surface area contributed by atoms with Crippen molar-refractivity contribution in [3.63, 3.8) is 0 Å². The van der Waals surface area contributed by atoms with Crippen molar-refractivity contribution < 1.29 is 19.5 Å². The molecule has 1 aliphatic rings. The number of hydrogen-bond donors (Lipinski definition) is 2. The van der Waals surface area contributed by atoms with Crippen LogP contribution >= 0.6 is 22.9 Å². The fourth-order valence-electron chi connectivity index (χ4n) is 2.75. The molecular weight excluding hydrogens is 400 g/mol. The summed E-state index contributed by atoms with van der Waals surface area (Å²) in [7, 11) is 0. The van der Waals surface area contributed by atoms with Gasteiger partial charge in [0.2, 0.25) is 0 Å². The molecule has 0 bridgehead atoms. The van der Waals surface area contributed by atoms with Gasteiger partial charge in [-0.15, -0.1) is 0 Å². The lowest BCUT2D eigenvalue weighted by molar-refractivity contribution is 0.0696. The molecule has 3 aromatic rings. The summed E-state index contributed by atoms with van der Waals surface area (Å²) >= 11 is 7.27. The fourth-order valence-corrected chi connectivity index (χ4v) is 3.55. The van der Waals surface area contributed by atoms with E-state index < -0.39 is 5.97 Å². The molecular formula is C20H15ClN2O4S. The highest BCUT2D eigenvalue weighted by atomic mass is 35.5. The maximum Gasteiger partial charge on any atom is 0.336 e. The van der Waals surface area contributed by atoms with Crippen molar-refractivity contribution in [2.24, 2.45) is 0 Å². The number of aryl methyl sites for hydroxylation is 1. The Morgan fingerprint density at radius 3 is 2.36 bits per heavy atom. The summed E-state index contributed by atoms with van der Waals surface area (Å²) in [5.74, 6) is -1.55. The van der Waals surface area contributed by atoms with Gasteiger partial charge in [-0.05, 0) is 60.3 Å². The van der Waals surface area contributed by atoms with Crippen LogP contribution in [0.2, 0.25) is 5.02 Å². The van der Waals surface area contributed by atoms with E-state index in [9.17, 15) is 14.4 Å². The van der Waals surface area contributed by atoms with E-state index in [0.717, 1.165) is 10.5 Å². The Bertz CT molecular complexity index is 1080. The van der Waals surface area contributed by atoms with E-state index in [2.05, 4.69) is 0 Å². The zero-order valence-corrected chi connectivity index (χ0v) is 16.3. The molecule has 0 aliphatic carbocycles. The van der Waals surface area contributed by atoms with E-state index in [1.165, 1.54) is 17.4 Å². The third-order valence-electron chi connectivity index (χ3n) is 4.08. The molecule has 28 heavy (non-hydrogen) atoms. The summed E-state index contributed by atoms with van der Waals surface area (Å²) in [5.41, 5.74) is 8.67. The quantitative estimate of drug-likeness (QED) is 0.475. The van der Waals surface area contributed by atoms with Crippen molar-refractivity contribution in [3.8, 4) is 0 Å². The number of thiophene rings is 1. The molecule has 6 nitrogen and oxygen atoms in total. The van der Waals surface area contributed by atoms with Crippen LogP contribution in [0.3, 0.4) is 0 Å². The maximum absolute atomic E-state index is 12.4. The van der Waals surface area contributed by atoms with Crippen molar-refractivity contribution in [2.45, 2.75) is 6.92 Å². The van der Waals surface area contributed by atoms with Crippen LogP contribution < -0.4 is 10.6 Å². The second kappa shape index (κ2) is 7.84. The van der Waals surface area contributed by atoms with E-state index in [-0.39, 0.29) is 11.8 Å². The maximum atomic E-state index is 12.4. The molecule has 0 fully saturated rings. The summed E-state index contributed by atoms with van der Waals surface area (Å²) in [6.45, 7) is 1.81. The largest absolute Gasteiger partial charge is 0.478 e. The lowest BCUT2D eigenvalue weighted by Gasteiger charge is -2.16. The first-order valence-corrected chi connectivity index (χ1v) is 9.41. The number of anilines is 2. The van der Waals surface area contributed by atoms with E-state index in [1.807, 2.05) is 6.92 Å². The van der Waals surface area contributed by atoms with Gasteiger partial charge in [0.05, 0.1) is 22.4 Å². The van der Waals surface area contributed by atoms with E-state index in [4.69, 9.17) is 22.4 Å². The molecule has 0 spiro atoms. The predicted octanol–water partition coefficient (Wildman–Crippen LogP) is 4.48. The first-order valence-electron chi connectivity index (χ1n) is 8.09. The number of carboxylic acids is 1. The first-order chi connectivity index (χ1) is 13.3. The summed E-state index contributed by atoms with van der Waals surface area (Å²) in [5, 5.41) is 12.1. The number of carbonyl (C=O) groups excluding carboxylic acids is 2. The number of nitrogens with two attached hydrogens (primary N) is 1. The zero-order chi connectivity index (χ0) is 20.4. The number of benzene rings is 2. The number of amides is 2. The Morgan fingerprint density at radius 2 is 1.79 bits per heavy atom. The third kappa shape index (κ3) is 3.76. The lowest BCUT2D eigenvalue weighted by Crippen LogP contribution is -2.30. The molecule has 1 aromatic heterocycles. The highest BCUT2D eigenvalue weighted by Gasteiger charge is 2.37. The van der Waals surface area contributed by atoms with Gasteiger partial charge in [-0.2, -0.15) is 11.3 Å². The van der Waals surface area contributed by atoms with Gasteiger partial charge in [0, 0.05) is 16.1 Å². The highest BCUT2D eigenvalue weighted by Crippen LogP contribution is 2.32. The zero-order valence-electron chi connectivity index (χ0n) is 14.7. The molecule has 0 atom stereocenters.